The van der Waals surface area contributed by atoms with Crippen LogP contribution in [0.15, 0.2) is 12.4 Å². The van der Waals surface area contributed by atoms with Crippen molar-refractivity contribution in [2.24, 2.45) is 0 Å². The second-order valence-corrected chi connectivity index (χ2v) is 6.32. The molecule has 0 spiro atoms. The van der Waals surface area contributed by atoms with Gasteiger partial charge >= 0.3 is 0 Å². The molecule has 0 bridgehead atoms. The fraction of sp³-hybridized carbons (Fsp3) is 0.533. The molecule has 2 aromatic heterocycles. The fourth-order valence-corrected chi connectivity index (χ4v) is 2.75. The molecule has 2 rings (SSSR count). The Balaban J connectivity index is 2.46. The molecular formula is C15H22IN5. The van der Waals surface area contributed by atoms with E-state index in [1.807, 2.05) is 17.1 Å². The normalized spacial score (nSPS) is 11.1. The van der Waals surface area contributed by atoms with E-state index in [4.69, 9.17) is 4.98 Å². The highest BCUT2D eigenvalue weighted by atomic mass is 127. The summed E-state index contributed by atoms with van der Waals surface area (Å²) in [6.07, 6.45) is 5.89. The van der Waals surface area contributed by atoms with Crippen molar-refractivity contribution in [3.63, 3.8) is 0 Å². The van der Waals surface area contributed by atoms with Crippen LogP contribution in [0.5, 0.6) is 0 Å². The molecular weight excluding hydrogens is 377 g/mol. The molecule has 5 nitrogen and oxygen atoms in total. The quantitative estimate of drug-likeness (QED) is 0.749. The molecule has 0 aliphatic rings. The summed E-state index contributed by atoms with van der Waals surface area (Å²) in [4.78, 5) is 9.40. The highest BCUT2D eigenvalue weighted by Gasteiger charge is 2.14. The van der Waals surface area contributed by atoms with E-state index in [-0.39, 0.29) is 0 Å². The molecule has 2 heterocycles. The highest BCUT2D eigenvalue weighted by Crippen LogP contribution is 2.25. The molecule has 0 saturated carbocycles. The van der Waals surface area contributed by atoms with Crippen molar-refractivity contribution in [2.75, 3.05) is 11.9 Å². The van der Waals surface area contributed by atoms with Crippen LogP contribution in [0.4, 0.5) is 5.82 Å². The van der Waals surface area contributed by atoms with E-state index in [0.29, 0.717) is 6.04 Å². The van der Waals surface area contributed by atoms with Crippen LogP contribution in [0.2, 0.25) is 0 Å². The minimum Gasteiger partial charge on any atom is -0.369 e. The highest BCUT2D eigenvalue weighted by molar-refractivity contribution is 14.1. The molecule has 1 N–H and O–H groups in total. The molecule has 21 heavy (non-hydrogen) atoms. The third-order valence-corrected chi connectivity index (χ3v) is 4.27. The lowest BCUT2D eigenvalue weighted by Gasteiger charge is -2.11. The molecule has 0 radical (unpaired) electrons. The Hall–Kier alpha value is -1.18. The smallest absolute Gasteiger partial charge is 0.165 e. The number of hydrogen-bond acceptors (Lipinski definition) is 4. The van der Waals surface area contributed by atoms with Crippen molar-refractivity contribution >= 4 is 28.4 Å². The first-order valence-corrected chi connectivity index (χ1v) is 8.49. The first-order valence-electron chi connectivity index (χ1n) is 7.41. The molecule has 0 unspecified atom stereocenters. The Morgan fingerprint density at radius 2 is 2.05 bits per heavy atom. The monoisotopic (exact) mass is 399 g/mol. The summed E-state index contributed by atoms with van der Waals surface area (Å²) in [5, 5.41) is 7.71. The van der Waals surface area contributed by atoms with Crippen LogP contribution in [-0.4, -0.2) is 26.3 Å². The number of anilines is 1. The second kappa shape index (κ2) is 7.20. The van der Waals surface area contributed by atoms with E-state index in [1.165, 1.54) is 0 Å². The Morgan fingerprint density at radius 1 is 1.29 bits per heavy atom. The van der Waals surface area contributed by atoms with E-state index < -0.39 is 0 Å². The van der Waals surface area contributed by atoms with Crippen molar-refractivity contribution in [3.8, 4) is 11.4 Å². The molecule has 0 fully saturated rings. The standard InChI is InChI=1S/C15H22IN5/c1-5-7-12-13(16)15(17-6-2)20-14(19-12)11-8-18-21(9-11)10(3)4/h8-10H,5-7H2,1-4H3,(H,17,19,20). The summed E-state index contributed by atoms with van der Waals surface area (Å²) in [5.74, 6) is 1.67. The third kappa shape index (κ3) is 3.72. The Bertz CT molecular complexity index is 579. The van der Waals surface area contributed by atoms with E-state index in [2.05, 4.69) is 65.7 Å². The lowest BCUT2D eigenvalue weighted by molar-refractivity contribution is 0.532. The zero-order valence-corrected chi connectivity index (χ0v) is 15.2. The van der Waals surface area contributed by atoms with Crippen molar-refractivity contribution in [3.05, 3.63) is 21.7 Å². The van der Waals surface area contributed by atoms with Crippen molar-refractivity contribution < 1.29 is 0 Å². The van der Waals surface area contributed by atoms with Crippen molar-refractivity contribution in [1.82, 2.24) is 19.7 Å². The Labute approximate surface area is 139 Å². The number of aromatic nitrogens is 4. The molecule has 6 heteroatoms. The van der Waals surface area contributed by atoms with Crippen LogP contribution in [0.1, 0.15) is 45.9 Å². The summed E-state index contributed by atoms with van der Waals surface area (Å²) >= 11 is 2.33. The summed E-state index contributed by atoms with van der Waals surface area (Å²) in [7, 11) is 0. The summed E-state index contributed by atoms with van der Waals surface area (Å²) in [5.41, 5.74) is 2.08. The van der Waals surface area contributed by atoms with Gasteiger partial charge in [0.1, 0.15) is 5.82 Å². The van der Waals surface area contributed by atoms with E-state index >= 15 is 0 Å². The number of rotatable bonds is 6. The molecule has 0 aliphatic heterocycles. The Kier molecular flexibility index (Phi) is 5.55. The minimum absolute atomic E-state index is 0.339. The van der Waals surface area contributed by atoms with Crippen molar-refractivity contribution in [1.29, 1.82) is 0 Å². The number of hydrogen-bond donors (Lipinski definition) is 1. The van der Waals surface area contributed by atoms with Crippen LogP contribution in [0, 0.1) is 3.57 Å². The maximum atomic E-state index is 4.74. The van der Waals surface area contributed by atoms with Crippen LogP contribution >= 0.6 is 22.6 Å². The van der Waals surface area contributed by atoms with Gasteiger partial charge in [-0.2, -0.15) is 5.10 Å². The maximum Gasteiger partial charge on any atom is 0.165 e. The predicted molar refractivity (Wildman–Crippen MR) is 94.5 cm³/mol. The number of nitrogens with zero attached hydrogens (tertiary/aromatic N) is 4. The number of halogens is 1. The lowest BCUT2D eigenvalue weighted by atomic mass is 10.2. The van der Waals surface area contributed by atoms with Crippen LogP contribution in [0.25, 0.3) is 11.4 Å². The maximum absolute atomic E-state index is 4.74. The second-order valence-electron chi connectivity index (χ2n) is 5.24. The number of nitrogens with one attached hydrogen (secondary N) is 1. The van der Waals surface area contributed by atoms with Crippen LogP contribution < -0.4 is 5.32 Å². The van der Waals surface area contributed by atoms with Gasteiger partial charge in [-0.15, -0.1) is 0 Å². The summed E-state index contributed by atoms with van der Waals surface area (Å²) in [6, 6.07) is 0.339. The molecule has 114 valence electrons. The van der Waals surface area contributed by atoms with E-state index in [0.717, 1.165) is 45.9 Å². The van der Waals surface area contributed by atoms with Gasteiger partial charge in [-0.25, -0.2) is 9.97 Å². The van der Waals surface area contributed by atoms with Gasteiger partial charge in [0.25, 0.3) is 0 Å². The average molecular weight is 399 g/mol. The van der Waals surface area contributed by atoms with Gasteiger partial charge in [-0.3, -0.25) is 4.68 Å². The molecule has 0 aliphatic carbocycles. The molecule has 0 aromatic carbocycles. The molecule has 0 saturated heterocycles. The fourth-order valence-electron chi connectivity index (χ4n) is 2.05. The summed E-state index contributed by atoms with van der Waals surface area (Å²) < 4.78 is 3.06. The molecule has 2 aromatic rings. The van der Waals surface area contributed by atoms with Gasteiger partial charge in [-0.05, 0) is 49.8 Å². The minimum atomic E-state index is 0.339. The molecule has 0 amide bonds. The van der Waals surface area contributed by atoms with Gasteiger partial charge in [0.15, 0.2) is 5.82 Å². The first-order chi connectivity index (χ1) is 10.1. The lowest BCUT2D eigenvalue weighted by Crippen LogP contribution is -2.08. The average Bonchev–Trinajstić information content (AvgIpc) is 2.93. The SMILES string of the molecule is CCCc1nc(-c2cnn(C(C)C)c2)nc(NCC)c1I. The predicted octanol–water partition coefficient (Wildman–Crippen LogP) is 3.91. The van der Waals surface area contributed by atoms with Crippen LogP contribution in [0.3, 0.4) is 0 Å². The number of aryl methyl sites for hydroxylation is 1. The van der Waals surface area contributed by atoms with Gasteiger partial charge in [-0.1, -0.05) is 13.3 Å². The first kappa shape index (κ1) is 16.2. The van der Waals surface area contributed by atoms with Gasteiger partial charge in [0.05, 0.1) is 21.0 Å². The van der Waals surface area contributed by atoms with Gasteiger partial charge < -0.3 is 5.32 Å². The van der Waals surface area contributed by atoms with E-state index in [9.17, 15) is 0 Å². The third-order valence-electron chi connectivity index (χ3n) is 3.14. The zero-order chi connectivity index (χ0) is 15.4. The van der Waals surface area contributed by atoms with Crippen molar-refractivity contribution in [2.45, 2.75) is 46.6 Å². The van der Waals surface area contributed by atoms with Gasteiger partial charge in [0, 0.05) is 18.8 Å². The van der Waals surface area contributed by atoms with Crippen LogP contribution in [-0.2, 0) is 6.42 Å². The zero-order valence-electron chi connectivity index (χ0n) is 13.0. The Morgan fingerprint density at radius 3 is 2.62 bits per heavy atom. The largest absolute Gasteiger partial charge is 0.369 e. The van der Waals surface area contributed by atoms with Gasteiger partial charge in [0.2, 0.25) is 0 Å². The molecule has 0 atom stereocenters. The van der Waals surface area contributed by atoms with E-state index in [1.54, 1.807) is 0 Å². The summed E-state index contributed by atoms with van der Waals surface area (Å²) in [6.45, 7) is 9.31. The topological polar surface area (TPSA) is 55.6 Å².